The maximum absolute atomic E-state index is 11.2. The lowest BCUT2D eigenvalue weighted by molar-refractivity contribution is -0.151. The highest BCUT2D eigenvalue weighted by Gasteiger charge is 2.44. The third kappa shape index (κ3) is 2.95. The average Bonchev–Trinajstić information content (AvgIpc) is 2.13. The van der Waals surface area contributed by atoms with E-state index in [-0.39, 0.29) is 0 Å². The van der Waals surface area contributed by atoms with E-state index in [1.807, 2.05) is 6.92 Å². The van der Waals surface area contributed by atoms with E-state index >= 15 is 0 Å². The fourth-order valence-electron chi connectivity index (χ4n) is 1.26. The zero-order valence-electron chi connectivity index (χ0n) is 10.6. The van der Waals surface area contributed by atoms with Gasteiger partial charge >= 0.3 is 5.97 Å². The molecule has 1 atom stereocenters. The SMILES string of the molecule is CCC(NC(C)(C)C(C)(C)C(=O)O)C(N)=O. The second-order valence-corrected chi connectivity index (χ2v) is 5.06. The van der Waals surface area contributed by atoms with Crippen LogP contribution < -0.4 is 11.1 Å². The van der Waals surface area contributed by atoms with Crippen molar-refractivity contribution in [3.05, 3.63) is 0 Å². The minimum absolute atomic E-state index is 0.461. The topological polar surface area (TPSA) is 92.4 Å². The summed E-state index contributed by atoms with van der Waals surface area (Å²) in [5.41, 5.74) is 3.51. The molecule has 0 saturated carbocycles. The lowest BCUT2D eigenvalue weighted by Crippen LogP contribution is -2.60. The normalized spacial score (nSPS) is 14.6. The van der Waals surface area contributed by atoms with Crippen LogP contribution in [0.3, 0.4) is 0 Å². The van der Waals surface area contributed by atoms with Crippen molar-refractivity contribution in [2.45, 2.75) is 52.6 Å². The van der Waals surface area contributed by atoms with Crippen LogP contribution in [0.2, 0.25) is 0 Å². The van der Waals surface area contributed by atoms with Gasteiger partial charge in [-0.15, -0.1) is 0 Å². The summed E-state index contributed by atoms with van der Waals surface area (Å²) < 4.78 is 0. The van der Waals surface area contributed by atoms with Crippen LogP contribution in [0.15, 0.2) is 0 Å². The Morgan fingerprint density at radius 2 is 1.75 bits per heavy atom. The van der Waals surface area contributed by atoms with Crippen LogP contribution in [-0.4, -0.2) is 28.6 Å². The van der Waals surface area contributed by atoms with E-state index in [2.05, 4.69) is 5.32 Å². The summed E-state index contributed by atoms with van der Waals surface area (Å²) in [6.07, 6.45) is 0.536. The number of hydrogen-bond donors (Lipinski definition) is 3. The Hall–Kier alpha value is -1.10. The molecule has 0 saturated heterocycles. The van der Waals surface area contributed by atoms with Crippen molar-refractivity contribution in [1.29, 1.82) is 0 Å². The molecule has 16 heavy (non-hydrogen) atoms. The molecule has 0 bridgehead atoms. The largest absolute Gasteiger partial charge is 0.481 e. The first kappa shape index (κ1) is 14.9. The number of aliphatic carboxylic acids is 1. The summed E-state index contributed by atoms with van der Waals surface area (Å²) in [6.45, 7) is 8.58. The molecule has 0 aromatic rings. The summed E-state index contributed by atoms with van der Waals surface area (Å²) in [6, 6.07) is -0.506. The van der Waals surface area contributed by atoms with E-state index in [1.54, 1.807) is 27.7 Å². The number of hydrogen-bond acceptors (Lipinski definition) is 3. The van der Waals surface area contributed by atoms with Gasteiger partial charge < -0.3 is 10.8 Å². The standard InChI is InChI=1S/C11H22N2O3/c1-6-7(8(12)14)13-11(4,5)10(2,3)9(15)16/h7,13H,6H2,1-5H3,(H2,12,14)(H,15,16). The van der Waals surface area contributed by atoms with Crippen LogP contribution >= 0.6 is 0 Å². The number of primary amides is 1. The Balaban J connectivity index is 4.93. The van der Waals surface area contributed by atoms with Crippen LogP contribution in [0.5, 0.6) is 0 Å². The highest BCUT2D eigenvalue weighted by molar-refractivity contribution is 5.80. The zero-order valence-corrected chi connectivity index (χ0v) is 10.6. The van der Waals surface area contributed by atoms with Crippen molar-refractivity contribution in [3.8, 4) is 0 Å². The Labute approximate surface area is 96.4 Å². The van der Waals surface area contributed by atoms with Gasteiger partial charge in [-0.2, -0.15) is 0 Å². The van der Waals surface area contributed by atoms with Gasteiger partial charge in [0.25, 0.3) is 0 Å². The van der Waals surface area contributed by atoms with E-state index < -0.39 is 28.9 Å². The van der Waals surface area contributed by atoms with E-state index in [9.17, 15) is 9.59 Å². The number of carbonyl (C=O) groups excluding carboxylic acids is 1. The van der Waals surface area contributed by atoms with E-state index in [0.717, 1.165) is 0 Å². The Morgan fingerprint density at radius 1 is 1.31 bits per heavy atom. The van der Waals surface area contributed by atoms with Gasteiger partial charge in [-0.05, 0) is 34.1 Å². The van der Waals surface area contributed by atoms with E-state index in [0.29, 0.717) is 6.42 Å². The number of carboxylic acids is 1. The summed E-state index contributed by atoms with van der Waals surface area (Å²) in [5, 5.41) is 12.2. The van der Waals surface area contributed by atoms with Gasteiger partial charge in [-0.3, -0.25) is 14.9 Å². The smallest absolute Gasteiger partial charge is 0.310 e. The molecule has 0 fully saturated rings. The van der Waals surface area contributed by atoms with Crippen molar-refractivity contribution >= 4 is 11.9 Å². The van der Waals surface area contributed by atoms with Gasteiger partial charge in [0.1, 0.15) is 0 Å². The maximum Gasteiger partial charge on any atom is 0.310 e. The van der Waals surface area contributed by atoms with Gasteiger partial charge in [0.2, 0.25) is 5.91 Å². The molecule has 0 aliphatic rings. The summed E-state index contributed by atoms with van der Waals surface area (Å²) in [4.78, 5) is 22.3. The molecular weight excluding hydrogens is 208 g/mol. The predicted molar refractivity (Wildman–Crippen MR) is 61.9 cm³/mol. The zero-order chi connectivity index (χ0) is 13.1. The van der Waals surface area contributed by atoms with Gasteiger partial charge in [-0.25, -0.2) is 0 Å². The van der Waals surface area contributed by atoms with Gasteiger partial charge in [0, 0.05) is 5.54 Å². The number of amides is 1. The Bertz CT molecular complexity index is 285. The molecule has 94 valence electrons. The number of rotatable bonds is 6. The van der Waals surface area contributed by atoms with Gasteiger partial charge in [0.05, 0.1) is 11.5 Å². The predicted octanol–water partition coefficient (Wildman–Crippen LogP) is 0.729. The Morgan fingerprint density at radius 3 is 2.00 bits per heavy atom. The van der Waals surface area contributed by atoms with Gasteiger partial charge in [0.15, 0.2) is 0 Å². The number of nitrogens with one attached hydrogen (secondary N) is 1. The second kappa shape index (κ2) is 4.82. The van der Waals surface area contributed by atoms with Crippen LogP contribution in [0, 0.1) is 5.41 Å². The molecule has 4 N–H and O–H groups in total. The van der Waals surface area contributed by atoms with Crippen LogP contribution in [0.25, 0.3) is 0 Å². The summed E-state index contributed by atoms with van der Waals surface area (Å²) in [5.74, 6) is -1.37. The molecule has 0 spiro atoms. The number of nitrogens with two attached hydrogens (primary N) is 1. The first-order valence-corrected chi connectivity index (χ1v) is 5.36. The highest BCUT2D eigenvalue weighted by Crippen LogP contribution is 2.31. The van der Waals surface area contributed by atoms with Crippen molar-refractivity contribution in [1.82, 2.24) is 5.32 Å². The molecule has 1 unspecified atom stereocenters. The first-order chi connectivity index (χ1) is 7.06. The lowest BCUT2D eigenvalue weighted by Gasteiger charge is -2.41. The molecule has 5 nitrogen and oxygen atoms in total. The summed E-state index contributed by atoms with van der Waals surface area (Å²) >= 11 is 0. The minimum atomic E-state index is -0.990. The molecule has 0 radical (unpaired) electrons. The monoisotopic (exact) mass is 230 g/mol. The van der Waals surface area contributed by atoms with Crippen LogP contribution in [-0.2, 0) is 9.59 Å². The molecular formula is C11H22N2O3. The quantitative estimate of drug-likeness (QED) is 0.627. The Kier molecular flexibility index (Phi) is 4.49. The molecule has 0 aromatic carbocycles. The molecule has 1 amide bonds. The second-order valence-electron chi connectivity index (χ2n) is 5.06. The number of carboxylic acid groups (broad SMARTS) is 1. The van der Waals surface area contributed by atoms with Crippen molar-refractivity contribution < 1.29 is 14.7 Å². The molecule has 0 rings (SSSR count). The molecule has 0 heterocycles. The molecule has 5 heteroatoms. The van der Waals surface area contributed by atoms with Crippen molar-refractivity contribution in [3.63, 3.8) is 0 Å². The molecule has 0 aromatic heterocycles. The molecule has 0 aliphatic carbocycles. The highest BCUT2D eigenvalue weighted by atomic mass is 16.4. The third-order valence-electron chi connectivity index (χ3n) is 3.38. The van der Waals surface area contributed by atoms with Crippen molar-refractivity contribution in [2.24, 2.45) is 11.1 Å². The third-order valence-corrected chi connectivity index (χ3v) is 3.38. The van der Waals surface area contributed by atoms with Crippen molar-refractivity contribution in [2.75, 3.05) is 0 Å². The van der Waals surface area contributed by atoms with Crippen LogP contribution in [0.4, 0.5) is 0 Å². The van der Waals surface area contributed by atoms with E-state index in [1.165, 1.54) is 0 Å². The lowest BCUT2D eigenvalue weighted by atomic mass is 9.74. The average molecular weight is 230 g/mol. The maximum atomic E-state index is 11.2. The van der Waals surface area contributed by atoms with Crippen LogP contribution in [0.1, 0.15) is 41.0 Å². The first-order valence-electron chi connectivity index (χ1n) is 5.36. The number of carbonyl (C=O) groups is 2. The summed E-state index contributed by atoms with van der Waals surface area (Å²) in [7, 11) is 0. The van der Waals surface area contributed by atoms with E-state index in [4.69, 9.17) is 10.8 Å². The van der Waals surface area contributed by atoms with Gasteiger partial charge in [-0.1, -0.05) is 6.92 Å². The minimum Gasteiger partial charge on any atom is -0.481 e. The fraction of sp³-hybridized carbons (Fsp3) is 0.818. The molecule has 0 aliphatic heterocycles. The fourth-order valence-corrected chi connectivity index (χ4v) is 1.26.